The van der Waals surface area contributed by atoms with E-state index in [1.807, 2.05) is 0 Å². The molecule has 0 radical (unpaired) electrons. The van der Waals surface area contributed by atoms with E-state index in [0.29, 0.717) is 0 Å². The highest BCUT2D eigenvalue weighted by Crippen LogP contribution is 2.54. The minimum absolute atomic E-state index is 0.000709. The van der Waals surface area contributed by atoms with Crippen LogP contribution in [0, 0.1) is 17.3 Å². The number of hydrogen-bond acceptors (Lipinski definition) is 14. The van der Waals surface area contributed by atoms with E-state index >= 15 is 0 Å². The van der Waals surface area contributed by atoms with Crippen molar-refractivity contribution >= 4 is 35.4 Å². The van der Waals surface area contributed by atoms with E-state index in [1.54, 1.807) is 24.3 Å². The number of fused-ring (bicyclic) bond motifs is 2. The fourth-order valence-electron chi connectivity index (χ4n) is 7.45. The van der Waals surface area contributed by atoms with Crippen molar-refractivity contribution in [2.75, 3.05) is 0 Å². The zero-order chi connectivity index (χ0) is 38.5. The molecule has 1 saturated heterocycles. The van der Waals surface area contributed by atoms with Crippen LogP contribution >= 0.6 is 0 Å². The third-order valence-electron chi connectivity index (χ3n) is 10.2. The van der Waals surface area contributed by atoms with Crippen LogP contribution in [0.3, 0.4) is 0 Å². The summed E-state index contributed by atoms with van der Waals surface area (Å²) in [6, 6.07) is 15.0. The van der Waals surface area contributed by atoms with Crippen molar-refractivity contribution in [3.8, 4) is 0 Å². The molecule has 1 unspecified atom stereocenters. The van der Waals surface area contributed by atoms with E-state index in [2.05, 4.69) is 6.58 Å². The number of carbonyl (C=O) groups excluding carboxylic acids is 6. The van der Waals surface area contributed by atoms with Crippen LogP contribution in [0.5, 0.6) is 0 Å². The summed E-state index contributed by atoms with van der Waals surface area (Å²) in [6.07, 6.45) is -12.5. The van der Waals surface area contributed by atoms with Gasteiger partial charge in [0, 0.05) is 25.3 Å². The van der Waals surface area contributed by atoms with Crippen LogP contribution in [0.15, 0.2) is 72.8 Å². The summed E-state index contributed by atoms with van der Waals surface area (Å²) in [4.78, 5) is 81.5. The number of aliphatic hydroxyl groups excluding tert-OH is 1. The molecular formula is C38H42O14. The average Bonchev–Trinajstić information content (AvgIpc) is 3.90. The van der Waals surface area contributed by atoms with Gasteiger partial charge in [-0.3, -0.25) is 19.2 Å². The van der Waals surface area contributed by atoms with Crippen LogP contribution < -0.4 is 0 Å². The maximum atomic E-state index is 14.8. The number of hydrogen-bond donors (Lipinski definition) is 3. The monoisotopic (exact) mass is 722 g/mol. The van der Waals surface area contributed by atoms with Gasteiger partial charge >= 0.3 is 23.9 Å². The largest absolute Gasteiger partial charge is 0.459 e. The van der Waals surface area contributed by atoms with E-state index < -0.39 is 112 Å². The predicted octanol–water partition coefficient (Wildman–Crippen LogP) is 1.91. The number of carbonyl (C=O) groups is 6. The molecule has 1 aliphatic heterocycles. The molecule has 0 spiro atoms. The van der Waals surface area contributed by atoms with Gasteiger partial charge in [0.1, 0.15) is 17.8 Å². The topological polar surface area (TPSA) is 213 Å². The van der Waals surface area contributed by atoms with E-state index in [9.17, 15) is 44.1 Å². The standard InChI is InChI=1S/C38H42O14/c1-18-26(51-33(44)22-14-10-8-11-15-22)24-31(48-20(3)39)37(7,46)35(49-21(4)40)38(24,47)29(42)19(2)28-32(50-28)36(5,6)30(43)25(41)27(18)52-34(45)23-16-12-9-13-17-23/h8-17,19,24-28,31-32,35,41,46-47H,1H2,2-7H3/t19-,24-,25+,26?,27-,28-,31+,32+,35-,37-,38+/m0/s1. The van der Waals surface area contributed by atoms with E-state index in [0.717, 1.165) is 20.8 Å². The second-order valence-electron chi connectivity index (χ2n) is 14.3. The fourth-order valence-corrected chi connectivity index (χ4v) is 7.45. The van der Waals surface area contributed by atoms with Crippen molar-refractivity contribution in [2.24, 2.45) is 17.3 Å². The van der Waals surface area contributed by atoms with Gasteiger partial charge in [-0.05, 0) is 31.2 Å². The highest BCUT2D eigenvalue weighted by molar-refractivity contribution is 5.95. The zero-order valence-electron chi connectivity index (χ0n) is 29.5. The predicted molar refractivity (Wildman–Crippen MR) is 178 cm³/mol. The number of benzene rings is 2. The summed E-state index contributed by atoms with van der Waals surface area (Å²) in [5, 5.41) is 36.7. The summed E-state index contributed by atoms with van der Waals surface area (Å²) in [7, 11) is 0. The molecule has 14 heteroatoms. The Morgan fingerprint density at radius 1 is 0.750 bits per heavy atom. The molecule has 2 aromatic rings. The van der Waals surface area contributed by atoms with Crippen molar-refractivity contribution < 1.29 is 67.8 Å². The molecule has 2 saturated carbocycles. The lowest BCUT2D eigenvalue weighted by atomic mass is 9.70. The number of Topliss-reactive ketones (excluding diaryl/α,β-unsaturated/α-hetero) is 2. The highest BCUT2D eigenvalue weighted by Gasteiger charge is 2.76. The number of aliphatic hydroxyl groups is 3. The van der Waals surface area contributed by atoms with Gasteiger partial charge in [-0.1, -0.05) is 63.7 Å². The molecule has 2 aromatic carbocycles. The fraction of sp³-hybridized carbons (Fsp3) is 0.474. The molecule has 14 nitrogen and oxygen atoms in total. The molecule has 3 aliphatic rings. The summed E-state index contributed by atoms with van der Waals surface area (Å²) >= 11 is 0. The maximum Gasteiger partial charge on any atom is 0.338 e. The number of ketones is 2. The first-order chi connectivity index (χ1) is 24.3. The average molecular weight is 723 g/mol. The van der Waals surface area contributed by atoms with Crippen molar-refractivity contribution in [1.82, 2.24) is 0 Å². The Kier molecular flexibility index (Phi) is 10.4. The first-order valence-electron chi connectivity index (χ1n) is 16.7. The molecule has 3 N–H and O–H groups in total. The Balaban J connectivity index is 1.80. The zero-order valence-corrected chi connectivity index (χ0v) is 29.5. The quantitative estimate of drug-likeness (QED) is 0.168. The summed E-state index contributed by atoms with van der Waals surface area (Å²) in [6.45, 7) is 11.3. The minimum Gasteiger partial charge on any atom is -0.459 e. The highest BCUT2D eigenvalue weighted by atomic mass is 16.6. The molecular weight excluding hydrogens is 680 g/mol. The van der Waals surface area contributed by atoms with Crippen molar-refractivity contribution in [3.63, 3.8) is 0 Å². The Morgan fingerprint density at radius 3 is 1.71 bits per heavy atom. The van der Waals surface area contributed by atoms with Crippen molar-refractivity contribution in [3.05, 3.63) is 83.9 Å². The summed E-state index contributed by atoms with van der Waals surface area (Å²) in [5.41, 5.74) is -7.72. The molecule has 0 amide bonds. The van der Waals surface area contributed by atoms with Crippen LogP contribution in [0.4, 0.5) is 0 Å². The minimum atomic E-state index is -3.04. The molecule has 0 aromatic heterocycles. The Morgan fingerprint density at radius 2 is 1.23 bits per heavy atom. The van der Waals surface area contributed by atoms with Crippen molar-refractivity contribution in [1.29, 1.82) is 0 Å². The number of ether oxygens (including phenoxy) is 5. The smallest absolute Gasteiger partial charge is 0.338 e. The molecule has 0 bridgehead atoms. The second kappa shape index (κ2) is 14.0. The first-order valence-corrected chi connectivity index (χ1v) is 16.7. The molecule has 11 atom stereocenters. The maximum absolute atomic E-state index is 14.8. The summed E-state index contributed by atoms with van der Waals surface area (Å²) < 4.78 is 28.6. The van der Waals surface area contributed by atoms with Crippen LogP contribution in [-0.2, 0) is 42.9 Å². The number of rotatable bonds is 6. The van der Waals surface area contributed by atoms with Gasteiger partial charge in [0.15, 0.2) is 35.5 Å². The lowest BCUT2D eigenvalue weighted by Gasteiger charge is -2.41. The van der Waals surface area contributed by atoms with E-state index in [4.69, 9.17) is 23.7 Å². The van der Waals surface area contributed by atoms with Crippen LogP contribution in [0.1, 0.15) is 62.3 Å². The van der Waals surface area contributed by atoms with Gasteiger partial charge in [0.2, 0.25) is 0 Å². The molecule has 1 heterocycles. The molecule has 52 heavy (non-hydrogen) atoms. The van der Waals surface area contributed by atoms with Crippen LogP contribution in [0.2, 0.25) is 0 Å². The normalized spacial score (nSPS) is 35.5. The van der Waals surface area contributed by atoms with Gasteiger partial charge in [-0.2, -0.15) is 0 Å². The lowest BCUT2D eigenvalue weighted by Crippen LogP contribution is -2.62. The molecule has 278 valence electrons. The molecule has 5 rings (SSSR count). The second-order valence-corrected chi connectivity index (χ2v) is 14.3. The van der Waals surface area contributed by atoms with Crippen LogP contribution in [0.25, 0.3) is 0 Å². The van der Waals surface area contributed by atoms with Crippen LogP contribution in [-0.4, -0.2) is 105 Å². The Labute approximate surface area is 299 Å². The Hall–Kier alpha value is -4.76. The Bertz CT molecular complexity index is 1770. The van der Waals surface area contributed by atoms with Gasteiger partial charge in [0.25, 0.3) is 0 Å². The van der Waals surface area contributed by atoms with Gasteiger partial charge in [-0.25, -0.2) is 9.59 Å². The van der Waals surface area contributed by atoms with Gasteiger partial charge < -0.3 is 39.0 Å². The SMILES string of the molecule is C=C1C(OC(=O)c2ccccc2)[C@H]2[C@@H](OC(C)=O)[C@](C)(O)[C@H](OC(C)=O)[C@]2(O)C(=O)[C@@H](C)[C@@H]2O[C@H]2C(C)(C)C(=O)[C@H](O)[C@H]1OC(=O)c1ccccc1. The van der Waals surface area contributed by atoms with Gasteiger partial charge in [-0.15, -0.1) is 0 Å². The number of epoxide rings is 1. The number of esters is 4. The lowest BCUT2D eigenvalue weighted by molar-refractivity contribution is -0.193. The molecule has 3 fully saturated rings. The molecule has 2 aliphatic carbocycles. The van der Waals surface area contributed by atoms with Crippen molar-refractivity contribution in [2.45, 2.75) is 95.5 Å². The van der Waals surface area contributed by atoms with Gasteiger partial charge in [0.05, 0.1) is 34.7 Å². The summed E-state index contributed by atoms with van der Waals surface area (Å²) in [5.74, 6) is -9.49. The van der Waals surface area contributed by atoms with E-state index in [1.165, 1.54) is 57.2 Å². The third-order valence-corrected chi connectivity index (χ3v) is 10.2. The first kappa shape index (κ1) is 38.5. The van der Waals surface area contributed by atoms with E-state index in [-0.39, 0.29) is 11.1 Å². The third kappa shape index (κ3) is 6.67.